The molecule has 182 valence electrons. The molecular formula is C26H26F3N5O. The summed E-state index contributed by atoms with van der Waals surface area (Å²) in [5, 5.41) is 7.26. The summed E-state index contributed by atoms with van der Waals surface area (Å²) >= 11 is 0. The molecule has 0 saturated carbocycles. The van der Waals surface area contributed by atoms with Gasteiger partial charge in [-0.2, -0.15) is 18.3 Å². The number of aromatic nitrogens is 4. The lowest BCUT2D eigenvalue weighted by Gasteiger charge is -2.15. The monoisotopic (exact) mass is 481 g/mol. The summed E-state index contributed by atoms with van der Waals surface area (Å²) in [5.41, 5.74) is 2.78. The van der Waals surface area contributed by atoms with E-state index in [4.69, 9.17) is 9.72 Å². The zero-order valence-corrected chi connectivity index (χ0v) is 19.9. The van der Waals surface area contributed by atoms with Gasteiger partial charge in [-0.3, -0.25) is 0 Å². The van der Waals surface area contributed by atoms with E-state index >= 15 is 0 Å². The number of benzene rings is 2. The first kappa shape index (κ1) is 24.3. The predicted octanol–water partition coefficient (Wildman–Crippen LogP) is 6.40. The van der Waals surface area contributed by atoms with Gasteiger partial charge < -0.3 is 10.1 Å². The normalized spacial score (nSPS) is 11.7. The van der Waals surface area contributed by atoms with Gasteiger partial charge in [0.15, 0.2) is 17.4 Å². The van der Waals surface area contributed by atoms with Crippen LogP contribution in [0.1, 0.15) is 42.3 Å². The van der Waals surface area contributed by atoms with E-state index in [1.807, 2.05) is 18.2 Å². The number of ether oxygens (including phenoxy) is 1. The lowest BCUT2D eigenvalue weighted by molar-refractivity contribution is -0.142. The molecule has 0 unspecified atom stereocenters. The number of nitrogens with zero attached hydrogens (tertiary/aromatic N) is 4. The maximum atomic E-state index is 13.3. The predicted molar refractivity (Wildman–Crippen MR) is 129 cm³/mol. The van der Waals surface area contributed by atoms with Gasteiger partial charge in [0, 0.05) is 12.1 Å². The summed E-state index contributed by atoms with van der Waals surface area (Å²) in [6.45, 7) is 6.16. The van der Waals surface area contributed by atoms with Crippen LogP contribution in [-0.2, 0) is 12.7 Å². The van der Waals surface area contributed by atoms with E-state index in [1.54, 1.807) is 37.6 Å². The number of methoxy groups -OCH3 is 1. The molecule has 0 saturated heterocycles. The molecule has 0 aliphatic heterocycles. The molecule has 0 radical (unpaired) electrons. The van der Waals surface area contributed by atoms with Gasteiger partial charge in [-0.05, 0) is 42.2 Å². The molecule has 0 spiro atoms. The van der Waals surface area contributed by atoms with Crippen LogP contribution >= 0.6 is 0 Å². The average molecular weight is 482 g/mol. The van der Waals surface area contributed by atoms with E-state index in [1.165, 1.54) is 6.92 Å². The van der Waals surface area contributed by atoms with Crippen molar-refractivity contribution in [3.8, 4) is 22.8 Å². The van der Waals surface area contributed by atoms with Crippen LogP contribution in [0.5, 0.6) is 5.75 Å². The Morgan fingerprint density at radius 3 is 2.43 bits per heavy atom. The fraction of sp³-hybridized carbons (Fsp3) is 0.269. The molecule has 2 heterocycles. The Hall–Kier alpha value is -3.88. The minimum absolute atomic E-state index is 0.300. The van der Waals surface area contributed by atoms with Gasteiger partial charge in [0.1, 0.15) is 5.69 Å². The Labute approximate surface area is 201 Å². The first-order valence-corrected chi connectivity index (χ1v) is 11.1. The van der Waals surface area contributed by atoms with Crippen molar-refractivity contribution in [1.29, 1.82) is 0 Å². The van der Waals surface area contributed by atoms with E-state index < -0.39 is 11.9 Å². The second-order valence-corrected chi connectivity index (χ2v) is 8.45. The maximum absolute atomic E-state index is 13.3. The number of hydrogen-bond acceptors (Lipinski definition) is 5. The Balaban J connectivity index is 1.56. The van der Waals surface area contributed by atoms with Gasteiger partial charge >= 0.3 is 6.18 Å². The Kier molecular flexibility index (Phi) is 6.77. The summed E-state index contributed by atoms with van der Waals surface area (Å²) in [5.74, 6) is 1.92. The van der Waals surface area contributed by atoms with Crippen molar-refractivity contribution in [2.75, 3.05) is 12.4 Å². The van der Waals surface area contributed by atoms with Crippen LogP contribution in [0.25, 0.3) is 17.1 Å². The summed E-state index contributed by atoms with van der Waals surface area (Å²) in [7, 11) is 1.55. The summed E-state index contributed by atoms with van der Waals surface area (Å²) in [4.78, 5) is 9.17. The average Bonchev–Trinajstić information content (AvgIpc) is 3.25. The summed E-state index contributed by atoms with van der Waals surface area (Å²) in [6.07, 6.45) is -2.86. The second kappa shape index (κ2) is 9.77. The van der Waals surface area contributed by atoms with Crippen LogP contribution in [-0.4, -0.2) is 26.9 Å². The van der Waals surface area contributed by atoms with Crippen LogP contribution in [0, 0.1) is 6.92 Å². The fourth-order valence-corrected chi connectivity index (χ4v) is 3.82. The first-order valence-electron chi connectivity index (χ1n) is 11.1. The van der Waals surface area contributed by atoms with Crippen LogP contribution < -0.4 is 10.1 Å². The van der Waals surface area contributed by atoms with E-state index in [9.17, 15) is 13.2 Å². The lowest BCUT2D eigenvalue weighted by Crippen LogP contribution is -2.13. The van der Waals surface area contributed by atoms with E-state index in [-0.39, 0.29) is 0 Å². The van der Waals surface area contributed by atoms with Crippen molar-refractivity contribution in [3.05, 3.63) is 83.3 Å². The molecule has 4 aromatic rings. The molecule has 2 aromatic carbocycles. The molecule has 0 aliphatic rings. The van der Waals surface area contributed by atoms with Crippen molar-refractivity contribution in [2.45, 2.75) is 39.4 Å². The molecule has 0 fully saturated rings. The molecule has 0 atom stereocenters. The summed E-state index contributed by atoms with van der Waals surface area (Å²) < 4.78 is 46.3. The Morgan fingerprint density at radius 1 is 1.06 bits per heavy atom. The van der Waals surface area contributed by atoms with Crippen molar-refractivity contribution < 1.29 is 17.9 Å². The van der Waals surface area contributed by atoms with Crippen molar-refractivity contribution in [2.24, 2.45) is 0 Å². The minimum atomic E-state index is -4.49. The quantitative estimate of drug-likeness (QED) is 0.331. The second-order valence-electron chi connectivity index (χ2n) is 8.45. The number of alkyl halides is 3. The zero-order chi connectivity index (χ0) is 25.2. The van der Waals surface area contributed by atoms with Gasteiger partial charge in [-0.15, -0.1) is 0 Å². The molecule has 0 bridgehead atoms. The molecule has 9 heteroatoms. The largest absolute Gasteiger partial charge is 0.491 e. The molecule has 2 aromatic heterocycles. The Morgan fingerprint density at radius 2 is 1.77 bits per heavy atom. The Bertz CT molecular complexity index is 1310. The zero-order valence-electron chi connectivity index (χ0n) is 19.9. The first-order chi connectivity index (χ1) is 16.7. The molecular weight excluding hydrogens is 455 g/mol. The smallest absolute Gasteiger partial charge is 0.433 e. The number of rotatable bonds is 7. The third-order valence-electron chi connectivity index (χ3n) is 5.56. The highest BCUT2D eigenvalue weighted by atomic mass is 19.4. The van der Waals surface area contributed by atoms with Gasteiger partial charge in [0.25, 0.3) is 0 Å². The topological polar surface area (TPSA) is 64.9 Å². The van der Waals surface area contributed by atoms with E-state index in [2.05, 4.69) is 35.3 Å². The maximum Gasteiger partial charge on any atom is 0.433 e. The molecule has 6 nitrogen and oxygen atoms in total. The lowest BCUT2D eigenvalue weighted by atomic mass is 9.97. The fourth-order valence-electron chi connectivity index (χ4n) is 3.82. The van der Waals surface area contributed by atoms with Crippen LogP contribution in [0.2, 0.25) is 0 Å². The SMILES string of the molecule is COc1cnc(-c2ccccc2C(C)C)nc1NCc1ccc(-n2nc(C)cc2C(F)(F)F)cc1. The van der Waals surface area contributed by atoms with Crippen molar-refractivity contribution in [1.82, 2.24) is 19.7 Å². The minimum Gasteiger partial charge on any atom is -0.491 e. The van der Waals surface area contributed by atoms with Crippen molar-refractivity contribution >= 4 is 5.82 Å². The number of aryl methyl sites for hydroxylation is 1. The summed E-state index contributed by atoms with van der Waals surface area (Å²) in [6, 6.07) is 15.8. The highest BCUT2D eigenvalue weighted by molar-refractivity contribution is 5.64. The van der Waals surface area contributed by atoms with Crippen molar-refractivity contribution in [3.63, 3.8) is 0 Å². The van der Waals surface area contributed by atoms with Crippen LogP contribution in [0.4, 0.5) is 19.0 Å². The molecule has 4 rings (SSSR count). The third-order valence-corrected chi connectivity index (χ3v) is 5.56. The standard InChI is InChI=1S/C26H26F3N5O/c1-16(2)20-7-5-6-8-21(20)24-31-15-22(35-4)25(32-24)30-14-18-9-11-19(12-10-18)34-23(26(27,28)29)13-17(3)33-34/h5-13,15-16H,14H2,1-4H3,(H,30,31,32). The molecule has 0 aliphatic carbocycles. The van der Waals surface area contributed by atoms with E-state index in [0.29, 0.717) is 41.2 Å². The highest BCUT2D eigenvalue weighted by Crippen LogP contribution is 2.32. The molecule has 1 N–H and O–H groups in total. The van der Waals surface area contributed by atoms with Gasteiger partial charge in [0.2, 0.25) is 0 Å². The van der Waals surface area contributed by atoms with Gasteiger partial charge in [-0.1, -0.05) is 50.2 Å². The highest BCUT2D eigenvalue weighted by Gasteiger charge is 2.35. The van der Waals surface area contributed by atoms with Gasteiger partial charge in [0.05, 0.1) is 24.7 Å². The van der Waals surface area contributed by atoms with Crippen LogP contribution in [0.15, 0.2) is 60.8 Å². The third kappa shape index (κ3) is 5.29. The number of nitrogens with one attached hydrogen (secondary N) is 1. The van der Waals surface area contributed by atoms with Gasteiger partial charge in [-0.25, -0.2) is 14.6 Å². The number of hydrogen-bond donors (Lipinski definition) is 1. The molecule has 35 heavy (non-hydrogen) atoms. The number of halogens is 3. The molecule has 0 amide bonds. The van der Waals surface area contributed by atoms with E-state index in [0.717, 1.165) is 27.4 Å². The number of anilines is 1. The van der Waals surface area contributed by atoms with Crippen LogP contribution in [0.3, 0.4) is 0 Å².